The molecule has 0 spiro atoms. The van der Waals surface area contributed by atoms with Gasteiger partial charge in [-0.3, -0.25) is 9.79 Å². The van der Waals surface area contributed by atoms with Crippen molar-refractivity contribution in [3.8, 4) is 0 Å². The van der Waals surface area contributed by atoms with E-state index >= 15 is 0 Å². The van der Waals surface area contributed by atoms with E-state index in [2.05, 4.69) is 40.9 Å². The van der Waals surface area contributed by atoms with E-state index in [9.17, 15) is 4.79 Å². The summed E-state index contributed by atoms with van der Waals surface area (Å²) >= 11 is 0. The fraction of sp³-hybridized carbons (Fsp3) is 0.579. The highest BCUT2D eigenvalue weighted by atomic mass is 16.1. The zero-order valence-corrected chi connectivity index (χ0v) is 15.2. The molecule has 1 saturated heterocycles. The topological polar surface area (TPSA) is 68.8 Å². The van der Waals surface area contributed by atoms with Gasteiger partial charge in [-0.05, 0) is 45.0 Å². The zero-order chi connectivity index (χ0) is 17.6. The molecule has 2 atom stereocenters. The van der Waals surface area contributed by atoms with Crippen LogP contribution in [0.15, 0.2) is 29.3 Å². The van der Waals surface area contributed by atoms with Gasteiger partial charge in [-0.1, -0.05) is 18.2 Å². The van der Waals surface area contributed by atoms with Gasteiger partial charge in [0.15, 0.2) is 5.96 Å². The molecular weight excluding hydrogens is 314 g/mol. The number of likely N-dealkylation sites (N-methyl/N-ethyl adjacent to an activating group) is 1. The Morgan fingerprint density at radius 2 is 2.20 bits per heavy atom. The maximum Gasteiger partial charge on any atom is 0.225 e. The monoisotopic (exact) mass is 343 g/mol. The van der Waals surface area contributed by atoms with Crippen molar-refractivity contribution in [1.82, 2.24) is 15.5 Å². The van der Waals surface area contributed by atoms with Crippen molar-refractivity contribution in [2.75, 3.05) is 38.5 Å². The Morgan fingerprint density at radius 3 is 2.96 bits per heavy atom. The Labute approximate surface area is 150 Å². The SMILES string of the molecule is CCNC(=NCC1CCCN1C)NCC1CC(=O)Nc2ccccc21. The smallest absolute Gasteiger partial charge is 0.225 e. The van der Waals surface area contributed by atoms with Gasteiger partial charge in [0.05, 0.1) is 6.54 Å². The Morgan fingerprint density at radius 1 is 1.36 bits per heavy atom. The van der Waals surface area contributed by atoms with E-state index in [-0.39, 0.29) is 11.8 Å². The van der Waals surface area contributed by atoms with Gasteiger partial charge in [-0.2, -0.15) is 0 Å². The number of likely N-dealkylation sites (tertiary alicyclic amines) is 1. The van der Waals surface area contributed by atoms with Crippen LogP contribution in [-0.4, -0.2) is 56.0 Å². The van der Waals surface area contributed by atoms with Crippen LogP contribution in [0.5, 0.6) is 0 Å². The molecule has 6 nitrogen and oxygen atoms in total. The quantitative estimate of drug-likeness (QED) is 0.563. The second kappa shape index (κ2) is 8.34. The van der Waals surface area contributed by atoms with Gasteiger partial charge in [0.25, 0.3) is 0 Å². The Hall–Kier alpha value is -2.08. The fourth-order valence-electron chi connectivity index (χ4n) is 3.65. The standard InChI is InChI=1S/C19H29N5O/c1-3-20-19(22-13-15-7-6-10-24(15)2)21-12-14-11-18(25)23-17-9-5-4-8-16(14)17/h4-5,8-9,14-15H,3,6-7,10-13H2,1-2H3,(H,23,25)(H2,20,21,22). The molecule has 1 aromatic rings. The first kappa shape index (κ1) is 17.7. The minimum absolute atomic E-state index is 0.0834. The van der Waals surface area contributed by atoms with Gasteiger partial charge in [0.2, 0.25) is 5.91 Å². The third-order valence-electron chi connectivity index (χ3n) is 5.10. The van der Waals surface area contributed by atoms with Crippen LogP contribution in [0.2, 0.25) is 0 Å². The summed E-state index contributed by atoms with van der Waals surface area (Å²) in [4.78, 5) is 19.1. The average Bonchev–Trinajstić information content (AvgIpc) is 3.02. The summed E-state index contributed by atoms with van der Waals surface area (Å²) in [5.41, 5.74) is 2.13. The van der Waals surface area contributed by atoms with Gasteiger partial charge in [-0.25, -0.2) is 0 Å². The van der Waals surface area contributed by atoms with E-state index in [0.29, 0.717) is 19.0 Å². The molecule has 0 saturated carbocycles. The van der Waals surface area contributed by atoms with Crippen LogP contribution in [0.25, 0.3) is 0 Å². The van der Waals surface area contributed by atoms with Crippen LogP contribution in [0.3, 0.4) is 0 Å². The highest BCUT2D eigenvalue weighted by Gasteiger charge is 2.25. The molecular formula is C19H29N5O. The first-order chi connectivity index (χ1) is 12.2. The normalized spacial score (nSPS) is 23.9. The first-order valence-electron chi connectivity index (χ1n) is 9.28. The lowest BCUT2D eigenvalue weighted by molar-refractivity contribution is -0.116. The summed E-state index contributed by atoms with van der Waals surface area (Å²) < 4.78 is 0. The molecule has 0 radical (unpaired) electrons. The van der Waals surface area contributed by atoms with Crippen LogP contribution in [0.1, 0.15) is 37.7 Å². The zero-order valence-electron chi connectivity index (χ0n) is 15.2. The summed E-state index contributed by atoms with van der Waals surface area (Å²) in [6, 6.07) is 8.58. The fourth-order valence-corrected chi connectivity index (χ4v) is 3.65. The van der Waals surface area contributed by atoms with Gasteiger partial charge < -0.3 is 20.9 Å². The Kier molecular flexibility index (Phi) is 5.91. The molecule has 2 aliphatic heterocycles. The highest BCUT2D eigenvalue weighted by Crippen LogP contribution is 2.31. The predicted octanol–water partition coefficient (Wildman–Crippen LogP) is 1.76. The number of benzene rings is 1. The number of fused-ring (bicyclic) bond motifs is 1. The van der Waals surface area contributed by atoms with Crippen molar-refractivity contribution < 1.29 is 4.79 Å². The number of aliphatic imine (C=N–C) groups is 1. The lowest BCUT2D eigenvalue weighted by Gasteiger charge is -2.26. The van der Waals surface area contributed by atoms with Crippen molar-refractivity contribution >= 4 is 17.6 Å². The van der Waals surface area contributed by atoms with Gasteiger partial charge >= 0.3 is 0 Å². The third kappa shape index (κ3) is 4.51. The lowest BCUT2D eigenvalue weighted by Crippen LogP contribution is -2.41. The number of para-hydroxylation sites is 1. The number of nitrogens with zero attached hydrogens (tertiary/aromatic N) is 2. The molecule has 25 heavy (non-hydrogen) atoms. The van der Waals surface area contributed by atoms with E-state index in [4.69, 9.17) is 4.99 Å². The number of hydrogen-bond donors (Lipinski definition) is 3. The summed E-state index contributed by atoms with van der Waals surface area (Å²) in [7, 11) is 2.17. The summed E-state index contributed by atoms with van der Waals surface area (Å²) in [5, 5.41) is 9.70. The molecule has 0 aliphatic carbocycles. The molecule has 3 N–H and O–H groups in total. The number of rotatable bonds is 5. The molecule has 1 fully saturated rings. The number of nitrogens with one attached hydrogen (secondary N) is 3. The Balaban J connectivity index is 1.62. The number of anilines is 1. The van der Waals surface area contributed by atoms with Crippen molar-refractivity contribution in [1.29, 1.82) is 0 Å². The molecule has 6 heteroatoms. The lowest BCUT2D eigenvalue weighted by atomic mass is 9.90. The van der Waals surface area contributed by atoms with Gasteiger partial charge in [-0.15, -0.1) is 0 Å². The van der Waals surface area contributed by atoms with Crippen LogP contribution < -0.4 is 16.0 Å². The van der Waals surface area contributed by atoms with E-state index in [1.54, 1.807) is 0 Å². The predicted molar refractivity (Wildman–Crippen MR) is 102 cm³/mol. The summed E-state index contributed by atoms with van der Waals surface area (Å²) in [6.07, 6.45) is 2.99. The van der Waals surface area contributed by atoms with Crippen molar-refractivity contribution in [2.24, 2.45) is 4.99 Å². The van der Waals surface area contributed by atoms with Crippen LogP contribution >= 0.6 is 0 Å². The molecule has 2 unspecified atom stereocenters. The van der Waals surface area contributed by atoms with E-state index in [1.165, 1.54) is 18.4 Å². The molecule has 1 aromatic carbocycles. The van der Waals surface area contributed by atoms with Crippen LogP contribution in [0, 0.1) is 0 Å². The number of amides is 1. The van der Waals surface area contributed by atoms with E-state index in [1.807, 2.05) is 18.2 Å². The van der Waals surface area contributed by atoms with Crippen molar-refractivity contribution in [2.45, 2.75) is 38.1 Å². The van der Waals surface area contributed by atoms with E-state index < -0.39 is 0 Å². The summed E-state index contributed by atoms with van der Waals surface area (Å²) in [5.74, 6) is 1.09. The first-order valence-corrected chi connectivity index (χ1v) is 9.28. The third-order valence-corrected chi connectivity index (χ3v) is 5.10. The van der Waals surface area contributed by atoms with Crippen LogP contribution in [-0.2, 0) is 4.79 Å². The molecule has 0 aromatic heterocycles. The minimum atomic E-state index is 0.0834. The second-order valence-corrected chi connectivity index (χ2v) is 6.91. The van der Waals surface area contributed by atoms with E-state index in [0.717, 1.165) is 31.3 Å². The maximum absolute atomic E-state index is 12.0. The Bertz CT molecular complexity index is 630. The molecule has 136 valence electrons. The van der Waals surface area contributed by atoms with Crippen molar-refractivity contribution in [3.05, 3.63) is 29.8 Å². The van der Waals surface area contributed by atoms with Crippen LogP contribution in [0.4, 0.5) is 5.69 Å². The molecule has 2 aliphatic rings. The average molecular weight is 343 g/mol. The molecule has 2 heterocycles. The second-order valence-electron chi connectivity index (χ2n) is 6.91. The van der Waals surface area contributed by atoms with Crippen molar-refractivity contribution in [3.63, 3.8) is 0 Å². The number of hydrogen-bond acceptors (Lipinski definition) is 3. The van der Waals surface area contributed by atoms with Gasteiger partial charge in [0, 0.05) is 37.2 Å². The molecule has 3 rings (SSSR count). The number of carbonyl (C=O) groups excluding carboxylic acids is 1. The maximum atomic E-state index is 12.0. The summed E-state index contributed by atoms with van der Waals surface area (Å²) in [6.45, 7) is 5.58. The largest absolute Gasteiger partial charge is 0.357 e. The number of carbonyl (C=O) groups is 1. The minimum Gasteiger partial charge on any atom is -0.357 e. The highest BCUT2D eigenvalue weighted by molar-refractivity contribution is 5.94. The van der Waals surface area contributed by atoms with Gasteiger partial charge in [0.1, 0.15) is 0 Å². The molecule has 1 amide bonds. The molecule has 0 bridgehead atoms. The number of guanidine groups is 1.